The summed E-state index contributed by atoms with van der Waals surface area (Å²) in [4.78, 5) is 11.7. The number of allylic oxidation sites excluding steroid dienone is 2. The molecule has 4 atom stereocenters. The fourth-order valence-corrected chi connectivity index (χ4v) is 5.69. The molecule has 1 aromatic rings. The van der Waals surface area contributed by atoms with Crippen molar-refractivity contribution in [1.29, 1.82) is 0 Å². The fraction of sp³-hybridized carbons (Fsp3) is 0.571. The van der Waals surface area contributed by atoms with Crippen molar-refractivity contribution in [3.05, 3.63) is 41.0 Å². The molecule has 2 N–H and O–H groups in total. The third-order valence-electron chi connectivity index (χ3n) is 6.89. The van der Waals surface area contributed by atoms with Crippen molar-refractivity contribution in [3.63, 3.8) is 0 Å². The van der Waals surface area contributed by atoms with Gasteiger partial charge in [0.05, 0.1) is 12.7 Å². The molecular formula is C21H27NO2. The number of primary amides is 1. The largest absolute Gasteiger partial charge is 0.496 e. The summed E-state index contributed by atoms with van der Waals surface area (Å²) in [6.07, 6.45) is 12.2. The first-order valence-corrected chi connectivity index (χ1v) is 9.22. The Hall–Kier alpha value is -1.77. The monoisotopic (exact) mass is 325 g/mol. The summed E-state index contributed by atoms with van der Waals surface area (Å²) < 4.78 is 5.47. The Labute approximate surface area is 144 Å². The molecule has 0 aromatic heterocycles. The first-order valence-electron chi connectivity index (χ1n) is 9.22. The van der Waals surface area contributed by atoms with Crippen molar-refractivity contribution in [1.82, 2.24) is 0 Å². The molecule has 1 saturated carbocycles. The average Bonchev–Trinajstić information content (AvgIpc) is 2.59. The summed E-state index contributed by atoms with van der Waals surface area (Å²) in [5, 5.41) is 0. The van der Waals surface area contributed by atoms with Gasteiger partial charge in [-0.15, -0.1) is 0 Å². The molecule has 1 fully saturated rings. The van der Waals surface area contributed by atoms with Crippen LogP contribution in [0.15, 0.2) is 24.3 Å². The smallest absolute Gasteiger partial charge is 0.252 e. The van der Waals surface area contributed by atoms with Crippen molar-refractivity contribution in [3.8, 4) is 5.75 Å². The molecule has 3 unspecified atom stereocenters. The van der Waals surface area contributed by atoms with Gasteiger partial charge in [-0.25, -0.2) is 0 Å². The Bertz CT molecular complexity index is 708. The molecule has 0 aliphatic heterocycles. The number of carbonyl (C=O) groups is 1. The van der Waals surface area contributed by atoms with Gasteiger partial charge >= 0.3 is 0 Å². The molecule has 0 saturated heterocycles. The van der Waals surface area contributed by atoms with Gasteiger partial charge < -0.3 is 10.5 Å². The van der Waals surface area contributed by atoms with Gasteiger partial charge in [0.25, 0.3) is 5.91 Å². The zero-order chi connectivity index (χ0) is 16.9. The maximum absolute atomic E-state index is 11.7. The first kappa shape index (κ1) is 15.7. The molecular weight excluding hydrogens is 298 g/mol. The van der Waals surface area contributed by atoms with Crippen LogP contribution >= 0.6 is 0 Å². The number of hydrogen-bond donors (Lipinski definition) is 1. The zero-order valence-electron chi connectivity index (χ0n) is 14.7. The van der Waals surface area contributed by atoms with Crippen molar-refractivity contribution < 1.29 is 9.53 Å². The third-order valence-corrected chi connectivity index (χ3v) is 6.89. The topological polar surface area (TPSA) is 52.3 Å². The van der Waals surface area contributed by atoms with Crippen molar-refractivity contribution in [2.45, 2.75) is 51.4 Å². The Morgan fingerprint density at radius 1 is 1.29 bits per heavy atom. The molecule has 0 bridgehead atoms. The Kier molecular flexibility index (Phi) is 3.70. The lowest BCUT2D eigenvalue weighted by Gasteiger charge is -2.52. The van der Waals surface area contributed by atoms with Crippen LogP contribution in [0.4, 0.5) is 0 Å². The molecule has 4 rings (SSSR count). The third kappa shape index (κ3) is 2.28. The minimum Gasteiger partial charge on any atom is -0.496 e. The SMILES string of the molecule is COc1cc2c(cc1C(N)=O)CCC1C2CC[C@]2(C)C=CCCC12. The second-order valence-corrected chi connectivity index (χ2v) is 8.06. The van der Waals surface area contributed by atoms with E-state index in [0.717, 1.165) is 18.3 Å². The van der Waals surface area contributed by atoms with Crippen LogP contribution in [-0.4, -0.2) is 13.0 Å². The number of carbonyl (C=O) groups excluding carboxylic acids is 1. The Morgan fingerprint density at radius 3 is 2.88 bits per heavy atom. The van der Waals surface area contributed by atoms with Crippen LogP contribution in [0, 0.1) is 17.3 Å². The highest BCUT2D eigenvalue weighted by Gasteiger charge is 2.47. The van der Waals surface area contributed by atoms with Crippen LogP contribution < -0.4 is 10.5 Å². The zero-order valence-corrected chi connectivity index (χ0v) is 14.7. The minimum absolute atomic E-state index is 0.383. The number of nitrogens with two attached hydrogens (primary N) is 1. The summed E-state index contributed by atoms with van der Waals surface area (Å²) in [7, 11) is 1.62. The number of ether oxygens (including phenoxy) is 1. The van der Waals surface area contributed by atoms with E-state index in [9.17, 15) is 4.79 Å². The maximum Gasteiger partial charge on any atom is 0.252 e. The van der Waals surface area contributed by atoms with E-state index in [1.54, 1.807) is 7.11 Å². The lowest BCUT2D eigenvalue weighted by molar-refractivity contribution is 0.0563. The molecule has 1 aromatic carbocycles. The number of amides is 1. The number of benzene rings is 1. The predicted octanol–water partition coefficient (Wildman–Crippen LogP) is 4.21. The minimum atomic E-state index is -0.398. The van der Waals surface area contributed by atoms with Crippen LogP contribution in [0.2, 0.25) is 0 Å². The Morgan fingerprint density at radius 2 is 2.12 bits per heavy atom. The highest BCUT2D eigenvalue weighted by atomic mass is 16.5. The van der Waals surface area contributed by atoms with E-state index in [0.29, 0.717) is 22.6 Å². The molecule has 3 aliphatic carbocycles. The lowest BCUT2D eigenvalue weighted by atomic mass is 9.52. The fourth-order valence-electron chi connectivity index (χ4n) is 5.69. The summed E-state index contributed by atoms with van der Waals surface area (Å²) in [5.41, 5.74) is 9.15. The molecule has 0 heterocycles. The van der Waals surface area contributed by atoms with Crippen molar-refractivity contribution >= 4 is 5.91 Å². The lowest BCUT2D eigenvalue weighted by Crippen LogP contribution is -2.42. The second kappa shape index (κ2) is 5.65. The number of aryl methyl sites for hydroxylation is 1. The van der Waals surface area contributed by atoms with Gasteiger partial charge in [0.2, 0.25) is 0 Å². The van der Waals surface area contributed by atoms with Crippen LogP contribution in [0.1, 0.15) is 66.4 Å². The molecule has 128 valence electrons. The van der Waals surface area contributed by atoms with E-state index >= 15 is 0 Å². The van der Waals surface area contributed by atoms with E-state index in [1.807, 2.05) is 6.07 Å². The van der Waals surface area contributed by atoms with Gasteiger partial charge in [-0.1, -0.05) is 19.1 Å². The summed E-state index contributed by atoms with van der Waals surface area (Å²) in [6, 6.07) is 4.09. The van der Waals surface area contributed by atoms with Gasteiger partial charge in [-0.05, 0) is 85.0 Å². The summed E-state index contributed by atoms with van der Waals surface area (Å²) in [5.74, 6) is 2.39. The molecule has 3 heteroatoms. The summed E-state index contributed by atoms with van der Waals surface area (Å²) >= 11 is 0. The molecule has 0 spiro atoms. The highest BCUT2D eigenvalue weighted by Crippen LogP contribution is 2.58. The molecule has 3 nitrogen and oxygen atoms in total. The van der Waals surface area contributed by atoms with Crippen LogP contribution in [0.3, 0.4) is 0 Å². The normalized spacial score (nSPS) is 34.0. The second-order valence-electron chi connectivity index (χ2n) is 8.06. The van der Waals surface area contributed by atoms with E-state index in [1.165, 1.54) is 43.2 Å². The maximum atomic E-state index is 11.7. The van der Waals surface area contributed by atoms with Crippen LogP contribution in [-0.2, 0) is 6.42 Å². The number of fused-ring (bicyclic) bond motifs is 5. The van der Waals surface area contributed by atoms with Crippen molar-refractivity contribution in [2.24, 2.45) is 23.0 Å². The van der Waals surface area contributed by atoms with E-state index in [-0.39, 0.29) is 0 Å². The van der Waals surface area contributed by atoms with Crippen LogP contribution in [0.25, 0.3) is 0 Å². The highest BCUT2D eigenvalue weighted by molar-refractivity contribution is 5.96. The van der Waals surface area contributed by atoms with Gasteiger partial charge in [0.15, 0.2) is 0 Å². The quantitative estimate of drug-likeness (QED) is 0.828. The van der Waals surface area contributed by atoms with Crippen LogP contribution in [0.5, 0.6) is 5.75 Å². The van der Waals surface area contributed by atoms with Gasteiger partial charge in [-0.3, -0.25) is 4.79 Å². The number of hydrogen-bond acceptors (Lipinski definition) is 2. The van der Waals surface area contributed by atoms with Gasteiger partial charge in [0, 0.05) is 0 Å². The average molecular weight is 325 g/mol. The van der Waals surface area contributed by atoms with Crippen molar-refractivity contribution in [2.75, 3.05) is 7.11 Å². The molecule has 24 heavy (non-hydrogen) atoms. The first-order chi connectivity index (χ1) is 11.5. The van der Waals surface area contributed by atoms with E-state index < -0.39 is 5.91 Å². The van der Waals surface area contributed by atoms with Gasteiger partial charge in [0.1, 0.15) is 5.75 Å². The van der Waals surface area contributed by atoms with Gasteiger partial charge in [-0.2, -0.15) is 0 Å². The molecule has 3 aliphatic rings. The number of methoxy groups -OCH3 is 1. The predicted molar refractivity (Wildman–Crippen MR) is 95.3 cm³/mol. The standard InChI is InChI=1S/C21H27NO2/c1-21-9-4-3-5-18(21)15-7-6-13-11-17(20(22)23)19(24-2)12-16(13)14(15)8-10-21/h4,9,11-12,14-15,18H,3,5-8,10H2,1-2H3,(H2,22,23)/t14?,15?,18?,21-/m0/s1. The summed E-state index contributed by atoms with van der Waals surface area (Å²) in [6.45, 7) is 2.45. The number of rotatable bonds is 2. The molecule has 1 amide bonds. The van der Waals surface area contributed by atoms with E-state index in [4.69, 9.17) is 10.5 Å². The Balaban J connectivity index is 1.74. The van der Waals surface area contributed by atoms with E-state index in [2.05, 4.69) is 25.1 Å². The molecule has 0 radical (unpaired) electrons.